The van der Waals surface area contributed by atoms with Gasteiger partial charge >= 0.3 is 11.9 Å². The fourth-order valence-corrected chi connectivity index (χ4v) is 10.6. The highest BCUT2D eigenvalue weighted by atomic mass is 28.3. The van der Waals surface area contributed by atoms with E-state index < -0.39 is 27.2 Å². The molecule has 0 aliphatic carbocycles. The summed E-state index contributed by atoms with van der Waals surface area (Å²) < 4.78 is 10.4. The Morgan fingerprint density at radius 1 is 0.667 bits per heavy atom. The van der Waals surface area contributed by atoms with Crippen molar-refractivity contribution in [3.63, 3.8) is 0 Å². The van der Waals surface area contributed by atoms with E-state index in [1.165, 1.54) is 14.2 Å². The van der Waals surface area contributed by atoms with Gasteiger partial charge in [0.1, 0.15) is 0 Å². The van der Waals surface area contributed by atoms with Crippen LogP contribution in [0.5, 0.6) is 0 Å². The predicted molar refractivity (Wildman–Crippen MR) is 106 cm³/mol. The third-order valence-electron chi connectivity index (χ3n) is 6.66. The summed E-state index contributed by atoms with van der Waals surface area (Å²) in [5, 5.41) is -0.0824. The zero-order valence-corrected chi connectivity index (χ0v) is 19.8. The second-order valence-corrected chi connectivity index (χ2v) is 21.1. The molecule has 0 radical (unpaired) electrons. The first kappa shape index (κ1) is 23.4. The summed E-state index contributed by atoms with van der Waals surface area (Å²) in [5.74, 6) is -0.524. The second kappa shape index (κ2) is 7.32. The zero-order chi connectivity index (χ0) is 19.7. The smallest absolute Gasteiger partial charge is 0.306 e. The highest BCUT2D eigenvalue weighted by molar-refractivity contribution is 6.91. The van der Waals surface area contributed by atoms with Crippen LogP contribution in [0.15, 0.2) is 0 Å². The summed E-state index contributed by atoms with van der Waals surface area (Å²) in [6.45, 7) is 21.7. The Hall–Kier alpha value is -0.626. The van der Waals surface area contributed by atoms with Gasteiger partial charge in [-0.25, -0.2) is 0 Å². The van der Waals surface area contributed by atoms with Crippen LogP contribution in [0.25, 0.3) is 0 Å². The summed E-state index contributed by atoms with van der Waals surface area (Å²) in [6, 6.07) is 0. The molecule has 0 bridgehead atoms. The van der Waals surface area contributed by atoms with Crippen LogP contribution in [-0.4, -0.2) is 42.3 Å². The number of esters is 2. The minimum absolute atomic E-state index is 0.0412. The highest BCUT2D eigenvalue weighted by Crippen LogP contribution is 2.56. The van der Waals surface area contributed by atoms with Gasteiger partial charge in [-0.2, -0.15) is 0 Å². The third-order valence-corrected chi connectivity index (χ3v) is 19.0. The van der Waals surface area contributed by atoms with E-state index in [9.17, 15) is 9.59 Å². The Morgan fingerprint density at radius 3 is 1.00 bits per heavy atom. The number of hydrogen-bond donors (Lipinski definition) is 0. The van der Waals surface area contributed by atoms with E-state index in [1.54, 1.807) is 0 Å². The van der Waals surface area contributed by atoms with Crippen molar-refractivity contribution in [3.8, 4) is 0 Å². The molecule has 0 aromatic carbocycles. The number of carbonyl (C=O) groups excluding carboxylic acids is 2. The minimum Gasteiger partial charge on any atom is -0.469 e. The fourth-order valence-electron chi connectivity index (χ4n) is 2.88. The molecule has 0 fully saturated rings. The van der Waals surface area contributed by atoms with E-state index in [4.69, 9.17) is 9.47 Å². The van der Waals surface area contributed by atoms with Gasteiger partial charge in [-0.1, -0.05) is 67.7 Å². The Kier molecular flexibility index (Phi) is 7.13. The molecule has 24 heavy (non-hydrogen) atoms. The Labute approximate surface area is 150 Å². The average Bonchev–Trinajstić information content (AvgIpc) is 2.39. The van der Waals surface area contributed by atoms with Crippen molar-refractivity contribution in [2.75, 3.05) is 14.2 Å². The molecule has 4 nitrogen and oxygen atoms in total. The highest BCUT2D eigenvalue weighted by Gasteiger charge is 2.59. The molecule has 0 N–H and O–H groups in total. The standard InChI is InChI=1S/C18H38O4Si2/c1-17(2,3)23(9,10)13(15(19)21-7)14(16(20)22-8)24(11,12)18(4,5)6/h13-14H,1-12H3. The van der Waals surface area contributed by atoms with Gasteiger partial charge in [-0.3, -0.25) is 9.59 Å². The first-order chi connectivity index (χ1) is 10.5. The van der Waals surface area contributed by atoms with E-state index in [0.717, 1.165) is 0 Å². The quantitative estimate of drug-likeness (QED) is 0.497. The van der Waals surface area contributed by atoms with E-state index >= 15 is 0 Å². The molecule has 0 rings (SSSR count). The number of methoxy groups -OCH3 is 2. The summed E-state index contributed by atoms with van der Waals surface area (Å²) in [5.41, 5.74) is -0.813. The van der Waals surface area contributed by atoms with Crippen LogP contribution in [0.1, 0.15) is 41.5 Å². The minimum atomic E-state index is -2.19. The maximum Gasteiger partial charge on any atom is 0.306 e. The van der Waals surface area contributed by atoms with Crippen molar-refractivity contribution in [2.24, 2.45) is 0 Å². The van der Waals surface area contributed by atoms with Gasteiger partial charge in [-0.15, -0.1) is 0 Å². The van der Waals surface area contributed by atoms with Gasteiger partial charge in [0.05, 0.1) is 41.4 Å². The van der Waals surface area contributed by atoms with Crippen molar-refractivity contribution in [1.29, 1.82) is 0 Å². The molecule has 0 heterocycles. The lowest BCUT2D eigenvalue weighted by Gasteiger charge is -2.50. The average molecular weight is 375 g/mol. The van der Waals surface area contributed by atoms with E-state index in [0.29, 0.717) is 0 Å². The summed E-state index contributed by atoms with van der Waals surface area (Å²) in [4.78, 5) is 25.7. The SMILES string of the molecule is COC(=O)C(C(C(=O)OC)[Si](C)(C)C(C)(C)C)[Si](C)(C)C(C)(C)C. The molecule has 0 aromatic heterocycles. The van der Waals surface area contributed by atoms with Gasteiger partial charge in [0.25, 0.3) is 0 Å². The van der Waals surface area contributed by atoms with Crippen LogP contribution in [0.4, 0.5) is 0 Å². The predicted octanol–water partition coefficient (Wildman–Crippen LogP) is 5.09. The number of rotatable bonds is 5. The van der Waals surface area contributed by atoms with Gasteiger partial charge in [0, 0.05) is 0 Å². The molecule has 6 heteroatoms. The van der Waals surface area contributed by atoms with Crippen LogP contribution < -0.4 is 0 Å². The van der Waals surface area contributed by atoms with Crippen LogP contribution in [-0.2, 0) is 19.1 Å². The lowest BCUT2D eigenvalue weighted by molar-refractivity contribution is -0.147. The molecule has 0 aliphatic heterocycles. The van der Waals surface area contributed by atoms with Crippen molar-refractivity contribution in [2.45, 2.75) is 88.9 Å². The lowest BCUT2D eigenvalue weighted by Crippen LogP contribution is -2.56. The molecule has 0 saturated heterocycles. The van der Waals surface area contributed by atoms with Gasteiger partial charge in [0.15, 0.2) is 0 Å². The van der Waals surface area contributed by atoms with Crippen LogP contribution >= 0.6 is 0 Å². The molecule has 0 amide bonds. The molecule has 0 spiro atoms. The molecule has 0 saturated carbocycles. The third kappa shape index (κ3) is 4.31. The maximum absolute atomic E-state index is 12.9. The Balaban J connectivity index is 6.57. The van der Waals surface area contributed by atoms with Crippen LogP contribution in [0.3, 0.4) is 0 Å². The van der Waals surface area contributed by atoms with Gasteiger partial charge in [0.2, 0.25) is 0 Å². The topological polar surface area (TPSA) is 52.6 Å². The molecular formula is C18H38O4Si2. The Bertz CT molecular complexity index is 426. The first-order valence-electron chi connectivity index (χ1n) is 8.62. The van der Waals surface area contributed by atoms with Crippen molar-refractivity contribution >= 4 is 28.1 Å². The monoisotopic (exact) mass is 374 g/mol. The van der Waals surface area contributed by atoms with Crippen LogP contribution in [0.2, 0.25) is 47.3 Å². The molecule has 0 aliphatic rings. The fraction of sp³-hybridized carbons (Fsp3) is 0.889. The molecule has 2 unspecified atom stereocenters. The number of ether oxygens (including phenoxy) is 2. The number of hydrogen-bond acceptors (Lipinski definition) is 4. The van der Waals surface area contributed by atoms with Crippen molar-refractivity contribution in [1.82, 2.24) is 0 Å². The van der Waals surface area contributed by atoms with Gasteiger partial charge < -0.3 is 9.47 Å². The summed E-state index contributed by atoms with van der Waals surface area (Å²) in [6.07, 6.45) is 0. The van der Waals surface area contributed by atoms with E-state index in [1.807, 2.05) is 0 Å². The number of carbonyl (C=O) groups is 2. The maximum atomic E-state index is 12.9. The Morgan fingerprint density at radius 2 is 0.875 bits per heavy atom. The van der Waals surface area contributed by atoms with E-state index in [2.05, 4.69) is 67.7 Å². The van der Waals surface area contributed by atoms with Crippen molar-refractivity contribution in [3.05, 3.63) is 0 Å². The van der Waals surface area contributed by atoms with Crippen LogP contribution in [0, 0.1) is 0 Å². The molecule has 142 valence electrons. The molecular weight excluding hydrogens is 336 g/mol. The molecule has 0 aromatic rings. The zero-order valence-electron chi connectivity index (χ0n) is 17.8. The molecule has 2 atom stereocenters. The lowest BCUT2D eigenvalue weighted by atomic mass is 10.2. The largest absolute Gasteiger partial charge is 0.469 e. The second-order valence-electron chi connectivity index (χ2n) is 9.95. The summed E-state index contributed by atoms with van der Waals surface area (Å²) >= 11 is 0. The van der Waals surface area contributed by atoms with Gasteiger partial charge in [-0.05, 0) is 10.1 Å². The van der Waals surface area contributed by atoms with Crippen molar-refractivity contribution < 1.29 is 19.1 Å². The first-order valence-corrected chi connectivity index (χ1v) is 14.8. The van der Waals surface area contributed by atoms with E-state index in [-0.39, 0.29) is 22.0 Å². The summed E-state index contributed by atoms with van der Waals surface area (Å²) in [7, 11) is -1.54. The normalized spacial score (nSPS) is 16.3.